The topological polar surface area (TPSA) is 104 Å². The van der Waals surface area contributed by atoms with Crippen LogP contribution in [0.25, 0.3) is 0 Å². The molecule has 2 rings (SSSR count). The van der Waals surface area contributed by atoms with Gasteiger partial charge in [-0.1, -0.05) is 29.8 Å². The Bertz CT molecular complexity index is 1060. The number of ketones is 1. The van der Waals surface area contributed by atoms with E-state index in [1.165, 1.54) is 54.5 Å². The summed E-state index contributed by atoms with van der Waals surface area (Å²) in [5.74, 6) is -0.698. The van der Waals surface area contributed by atoms with E-state index in [1.54, 1.807) is 12.1 Å². The highest BCUT2D eigenvalue weighted by Crippen LogP contribution is 2.16. The van der Waals surface area contributed by atoms with Gasteiger partial charge in [0.2, 0.25) is 21.8 Å². The third-order valence-electron chi connectivity index (χ3n) is 4.97. The van der Waals surface area contributed by atoms with Crippen LogP contribution in [0, 0.1) is 6.92 Å². The highest BCUT2D eigenvalue weighted by molar-refractivity contribution is 7.89. The van der Waals surface area contributed by atoms with Crippen LogP contribution in [-0.4, -0.2) is 62.4 Å². The normalized spacial score (nSPS) is 11.3. The molecule has 0 aliphatic heterocycles. The van der Waals surface area contributed by atoms with Crippen LogP contribution in [0.2, 0.25) is 0 Å². The standard InChI is InChI=1S/C23H29N3O5S/c1-17-7-11-20(12-8-17)24-22(28)16-25(3)23(29)6-5-15-26(4)32(30,31)21-13-9-19(10-14-21)18(2)27/h7-14H,5-6,15-16H2,1-4H3,(H,24,28). The third-order valence-corrected chi connectivity index (χ3v) is 6.85. The van der Waals surface area contributed by atoms with E-state index < -0.39 is 10.0 Å². The van der Waals surface area contributed by atoms with Crippen LogP contribution >= 0.6 is 0 Å². The summed E-state index contributed by atoms with van der Waals surface area (Å²) in [4.78, 5) is 37.2. The number of likely N-dealkylation sites (N-methyl/N-ethyl adjacent to an activating group) is 1. The molecule has 0 bridgehead atoms. The number of benzene rings is 2. The largest absolute Gasteiger partial charge is 0.336 e. The fraction of sp³-hybridized carbons (Fsp3) is 0.348. The molecular weight excluding hydrogens is 430 g/mol. The molecule has 0 fully saturated rings. The summed E-state index contributed by atoms with van der Waals surface area (Å²) in [6.45, 7) is 3.41. The average Bonchev–Trinajstić information content (AvgIpc) is 2.75. The van der Waals surface area contributed by atoms with Gasteiger partial charge in [-0.15, -0.1) is 0 Å². The Morgan fingerprint density at radius 1 is 0.938 bits per heavy atom. The van der Waals surface area contributed by atoms with E-state index >= 15 is 0 Å². The minimum absolute atomic E-state index is 0.0845. The number of anilines is 1. The summed E-state index contributed by atoms with van der Waals surface area (Å²) in [6, 6.07) is 13.1. The molecule has 2 amide bonds. The molecule has 172 valence electrons. The van der Waals surface area contributed by atoms with Crippen LogP contribution < -0.4 is 5.32 Å². The van der Waals surface area contributed by atoms with Crippen molar-refractivity contribution < 1.29 is 22.8 Å². The van der Waals surface area contributed by atoms with Crippen LogP contribution in [0.5, 0.6) is 0 Å². The maximum atomic E-state index is 12.7. The molecule has 2 aromatic rings. The van der Waals surface area contributed by atoms with Gasteiger partial charge in [0.05, 0.1) is 11.4 Å². The SMILES string of the molecule is CC(=O)c1ccc(S(=O)(=O)N(C)CCCC(=O)N(C)CC(=O)Nc2ccc(C)cc2)cc1. The van der Waals surface area contributed by atoms with Crippen LogP contribution in [0.15, 0.2) is 53.4 Å². The first-order chi connectivity index (χ1) is 15.0. The Balaban J connectivity index is 1.82. The Hall–Kier alpha value is -3.04. The van der Waals surface area contributed by atoms with Crippen molar-refractivity contribution in [2.45, 2.75) is 31.6 Å². The van der Waals surface area contributed by atoms with Gasteiger partial charge in [-0.25, -0.2) is 12.7 Å². The zero-order valence-corrected chi connectivity index (χ0v) is 19.6. The fourth-order valence-electron chi connectivity index (χ4n) is 2.95. The lowest BCUT2D eigenvalue weighted by molar-refractivity contribution is -0.133. The molecule has 0 aromatic heterocycles. The van der Waals surface area contributed by atoms with Gasteiger partial charge in [0.1, 0.15) is 0 Å². The van der Waals surface area contributed by atoms with Crippen molar-refractivity contribution in [3.63, 3.8) is 0 Å². The Morgan fingerprint density at radius 2 is 1.53 bits per heavy atom. The molecule has 8 nitrogen and oxygen atoms in total. The quantitative estimate of drug-likeness (QED) is 0.550. The highest BCUT2D eigenvalue weighted by Gasteiger charge is 2.21. The number of carbonyl (C=O) groups excluding carboxylic acids is 3. The van der Waals surface area contributed by atoms with Gasteiger partial charge in [-0.05, 0) is 44.5 Å². The van der Waals surface area contributed by atoms with Crippen molar-refractivity contribution in [3.05, 3.63) is 59.7 Å². The van der Waals surface area contributed by atoms with Gasteiger partial charge in [0, 0.05) is 38.3 Å². The van der Waals surface area contributed by atoms with Gasteiger partial charge in [-0.2, -0.15) is 0 Å². The number of rotatable bonds is 10. The van der Waals surface area contributed by atoms with Gasteiger partial charge >= 0.3 is 0 Å². The minimum atomic E-state index is -3.72. The summed E-state index contributed by atoms with van der Waals surface area (Å²) in [6.07, 6.45) is 0.418. The van der Waals surface area contributed by atoms with Crippen LogP contribution in [0.3, 0.4) is 0 Å². The van der Waals surface area contributed by atoms with Crippen molar-refractivity contribution in [2.75, 3.05) is 32.5 Å². The molecule has 0 radical (unpaired) electrons. The Kier molecular flexibility index (Phi) is 8.68. The average molecular weight is 460 g/mol. The van der Waals surface area contributed by atoms with Crippen molar-refractivity contribution in [3.8, 4) is 0 Å². The van der Waals surface area contributed by atoms with E-state index in [9.17, 15) is 22.8 Å². The molecule has 0 aliphatic carbocycles. The number of sulfonamides is 1. The molecule has 2 aromatic carbocycles. The van der Waals surface area contributed by atoms with E-state index in [0.717, 1.165) is 5.56 Å². The molecule has 9 heteroatoms. The van der Waals surface area contributed by atoms with Gasteiger partial charge in [-0.3, -0.25) is 14.4 Å². The number of nitrogens with zero attached hydrogens (tertiary/aromatic N) is 2. The monoisotopic (exact) mass is 459 g/mol. The second kappa shape index (κ2) is 11.0. The highest BCUT2D eigenvalue weighted by atomic mass is 32.2. The lowest BCUT2D eigenvalue weighted by Crippen LogP contribution is -2.35. The van der Waals surface area contributed by atoms with Gasteiger partial charge in [0.25, 0.3) is 0 Å². The molecule has 0 spiro atoms. The van der Waals surface area contributed by atoms with Crippen molar-refractivity contribution in [1.82, 2.24) is 9.21 Å². The van der Waals surface area contributed by atoms with Crippen molar-refractivity contribution >= 4 is 33.3 Å². The zero-order valence-electron chi connectivity index (χ0n) is 18.8. The number of aryl methyl sites for hydroxylation is 1. The van der Waals surface area contributed by atoms with E-state index in [2.05, 4.69) is 5.32 Å². The smallest absolute Gasteiger partial charge is 0.243 e. The number of hydrogen-bond acceptors (Lipinski definition) is 5. The van der Waals surface area contributed by atoms with Crippen molar-refractivity contribution in [1.29, 1.82) is 0 Å². The molecular formula is C23H29N3O5S. The lowest BCUT2D eigenvalue weighted by Gasteiger charge is -2.19. The van der Waals surface area contributed by atoms with Gasteiger partial charge in [0.15, 0.2) is 5.78 Å². The van der Waals surface area contributed by atoms with Crippen LogP contribution in [0.4, 0.5) is 5.69 Å². The number of hydrogen-bond donors (Lipinski definition) is 1. The molecule has 0 heterocycles. The summed E-state index contributed by atoms with van der Waals surface area (Å²) < 4.78 is 26.5. The predicted octanol–water partition coefficient (Wildman–Crippen LogP) is 2.70. The summed E-state index contributed by atoms with van der Waals surface area (Å²) in [5, 5.41) is 2.74. The molecule has 0 atom stereocenters. The fourth-order valence-corrected chi connectivity index (χ4v) is 4.16. The molecule has 0 saturated heterocycles. The minimum Gasteiger partial charge on any atom is -0.336 e. The molecule has 32 heavy (non-hydrogen) atoms. The molecule has 0 aliphatic rings. The van der Waals surface area contributed by atoms with E-state index in [4.69, 9.17) is 0 Å². The maximum Gasteiger partial charge on any atom is 0.243 e. The second-order valence-corrected chi connectivity index (χ2v) is 9.72. The molecule has 0 unspecified atom stereocenters. The van der Waals surface area contributed by atoms with Crippen molar-refractivity contribution in [2.24, 2.45) is 0 Å². The van der Waals surface area contributed by atoms with E-state index in [1.807, 2.05) is 19.1 Å². The summed E-state index contributed by atoms with van der Waals surface area (Å²) in [7, 11) is -0.746. The second-order valence-electron chi connectivity index (χ2n) is 7.67. The summed E-state index contributed by atoms with van der Waals surface area (Å²) in [5.41, 5.74) is 2.17. The number of Topliss-reactive ketones (excluding diaryl/α,β-unsaturated/α-hetero) is 1. The predicted molar refractivity (Wildman–Crippen MR) is 123 cm³/mol. The number of nitrogens with one attached hydrogen (secondary N) is 1. The number of amides is 2. The first-order valence-corrected chi connectivity index (χ1v) is 11.6. The molecule has 0 saturated carbocycles. The maximum absolute atomic E-state index is 12.7. The Morgan fingerprint density at radius 3 is 2.09 bits per heavy atom. The Labute approximate surface area is 189 Å². The third kappa shape index (κ3) is 7.00. The first kappa shape index (κ1) is 25.2. The molecule has 1 N–H and O–H groups in total. The van der Waals surface area contributed by atoms with Gasteiger partial charge < -0.3 is 10.2 Å². The first-order valence-electron chi connectivity index (χ1n) is 10.2. The summed E-state index contributed by atoms with van der Waals surface area (Å²) >= 11 is 0. The van der Waals surface area contributed by atoms with E-state index in [-0.39, 0.29) is 42.0 Å². The van der Waals surface area contributed by atoms with Crippen LogP contribution in [0.1, 0.15) is 35.7 Å². The van der Waals surface area contributed by atoms with E-state index in [0.29, 0.717) is 17.7 Å². The lowest BCUT2D eigenvalue weighted by atomic mass is 10.2. The van der Waals surface area contributed by atoms with Crippen LogP contribution in [-0.2, 0) is 19.6 Å². The number of carbonyl (C=O) groups is 3. The zero-order chi connectivity index (χ0) is 23.9.